The highest BCUT2D eigenvalue weighted by molar-refractivity contribution is 5.98. The molecule has 3 amide bonds. The molecule has 1 aromatic rings. The molecule has 24 heavy (non-hydrogen) atoms. The van der Waals surface area contributed by atoms with Crippen LogP contribution in [0.3, 0.4) is 0 Å². The predicted octanol–water partition coefficient (Wildman–Crippen LogP) is 1.27. The van der Waals surface area contributed by atoms with E-state index < -0.39 is 29.2 Å². The van der Waals surface area contributed by atoms with Crippen molar-refractivity contribution in [1.82, 2.24) is 10.3 Å². The molecule has 0 bridgehead atoms. The summed E-state index contributed by atoms with van der Waals surface area (Å²) >= 11 is 0. The monoisotopic (exact) mass is 333 g/mol. The molecule has 1 heterocycles. The highest BCUT2D eigenvalue weighted by Gasteiger charge is 2.33. The smallest absolute Gasteiger partial charge is 0.248 e. The molecule has 0 spiro atoms. The fraction of sp³-hybridized carbons (Fsp3) is 0.471. The zero-order valence-corrected chi connectivity index (χ0v) is 14.5. The van der Waals surface area contributed by atoms with E-state index in [-0.39, 0.29) is 12.3 Å². The van der Waals surface area contributed by atoms with Crippen LogP contribution in [0, 0.1) is 17.8 Å². The van der Waals surface area contributed by atoms with Gasteiger partial charge >= 0.3 is 0 Å². The number of nitrogens with zero attached hydrogens (tertiary/aromatic N) is 1. The summed E-state index contributed by atoms with van der Waals surface area (Å²) in [5, 5.41) is 5.37. The van der Waals surface area contributed by atoms with E-state index in [1.807, 2.05) is 20.8 Å². The van der Waals surface area contributed by atoms with Gasteiger partial charge in [-0.05, 0) is 24.0 Å². The van der Waals surface area contributed by atoms with Crippen molar-refractivity contribution in [3.8, 4) is 0 Å². The van der Waals surface area contributed by atoms with E-state index in [0.29, 0.717) is 5.82 Å². The molecule has 1 rings (SSSR count). The molecule has 1 aromatic heterocycles. The lowest BCUT2D eigenvalue weighted by Gasteiger charge is -2.30. The van der Waals surface area contributed by atoms with Crippen LogP contribution in [0.15, 0.2) is 24.4 Å². The standard InChI is InChI=1S/C17H25N4O3/c1-11(15(18)23)8-9-13(22)21-14(17(2,3)4)16(24)20-12-7-5-6-10-19-12/h5-7,9-11,14H,8H2,1-4H3,(H2,18,23)(H,21,22)(H,19,20,24)/t11?,14-/m1/s1. The minimum atomic E-state index is -0.757. The van der Waals surface area contributed by atoms with Crippen LogP contribution >= 0.6 is 0 Å². The number of hydrogen-bond acceptors (Lipinski definition) is 4. The van der Waals surface area contributed by atoms with Gasteiger partial charge in [0.15, 0.2) is 0 Å². The molecule has 0 fully saturated rings. The lowest BCUT2D eigenvalue weighted by atomic mass is 9.86. The molecule has 4 N–H and O–H groups in total. The van der Waals surface area contributed by atoms with Crippen molar-refractivity contribution in [2.45, 2.75) is 40.2 Å². The molecular weight excluding hydrogens is 308 g/mol. The van der Waals surface area contributed by atoms with Gasteiger partial charge in [0.05, 0.1) is 6.42 Å². The number of aromatic nitrogens is 1. The number of nitrogens with two attached hydrogens (primary N) is 1. The summed E-state index contributed by atoms with van der Waals surface area (Å²) in [5.41, 5.74) is 4.66. The minimum absolute atomic E-state index is 0.222. The van der Waals surface area contributed by atoms with Crippen LogP contribution in [-0.2, 0) is 14.4 Å². The Morgan fingerprint density at radius 3 is 2.46 bits per heavy atom. The van der Waals surface area contributed by atoms with Crippen LogP contribution < -0.4 is 16.4 Å². The fourth-order valence-corrected chi connectivity index (χ4v) is 1.91. The average molecular weight is 333 g/mol. The van der Waals surface area contributed by atoms with Gasteiger partial charge in [-0.15, -0.1) is 0 Å². The second kappa shape index (κ2) is 8.42. The number of primary amides is 1. The maximum atomic E-state index is 12.5. The van der Waals surface area contributed by atoms with Crippen molar-refractivity contribution in [2.75, 3.05) is 5.32 Å². The Labute approximate surface area is 142 Å². The van der Waals surface area contributed by atoms with Crippen molar-refractivity contribution in [3.05, 3.63) is 30.8 Å². The van der Waals surface area contributed by atoms with E-state index >= 15 is 0 Å². The first kappa shape index (κ1) is 19.6. The van der Waals surface area contributed by atoms with Gasteiger partial charge in [0, 0.05) is 12.1 Å². The number of rotatable bonds is 7. The van der Waals surface area contributed by atoms with Gasteiger partial charge in [-0.2, -0.15) is 0 Å². The van der Waals surface area contributed by atoms with Gasteiger partial charge in [0.25, 0.3) is 0 Å². The van der Waals surface area contributed by atoms with Gasteiger partial charge in [0.2, 0.25) is 17.7 Å². The van der Waals surface area contributed by atoms with Crippen LogP contribution in [0.5, 0.6) is 0 Å². The van der Waals surface area contributed by atoms with Gasteiger partial charge in [-0.3, -0.25) is 14.4 Å². The number of carbonyl (C=O) groups excluding carboxylic acids is 3. The van der Waals surface area contributed by atoms with E-state index in [1.165, 1.54) is 6.42 Å². The number of amides is 3. The molecule has 0 aliphatic heterocycles. The first-order valence-electron chi connectivity index (χ1n) is 7.76. The van der Waals surface area contributed by atoms with Crippen LogP contribution in [0.1, 0.15) is 34.1 Å². The third-order valence-corrected chi connectivity index (χ3v) is 3.47. The van der Waals surface area contributed by atoms with E-state index in [4.69, 9.17) is 5.73 Å². The SMILES string of the molecule is CC(C[CH]C(=O)N[C@H](C(=O)Nc1ccccn1)C(C)(C)C)C(N)=O. The summed E-state index contributed by atoms with van der Waals surface area (Å²) in [7, 11) is 0. The Kier molecular flexibility index (Phi) is 6.88. The quantitative estimate of drug-likeness (QED) is 0.697. The summed E-state index contributed by atoms with van der Waals surface area (Å²) < 4.78 is 0. The molecular formula is C17H25N4O3. The Morgan fingerprint density at radius 1 is 1.29 bits per heavy atom. The van der Waals surface area contributed by atoms with Crippen molar-refractivity contribution in [1.29, 1.82) is 0 Å². The third kappa shape index (κ3) is 6.36. The molecule has 131 valence electrons. The Morgan fingerprint density at radius 2 is 1.96 bits per heavy atom. The molecule has 0 aliphatic carbocycles. The predicted molar refractivity (Wildman–Crippen MR) is 91.5 cm³/mol. The minimum Gasteiger partial charge on any atom is -0.369 e. The van der Waals surface area contributed by atoms with Crippen molar-refractivity contribution < 1.29 is 14.4 Å². The summed E-state index contributed by atoms with van der Waals surface area (Å²) in [6, 6.07) is 4.41. The lowest BCUT2D eigenvalue weighted by Crippen LogP contribution is -2.51. The maximum Gasteiger partial charge on any atom is 0.248 e. The second-order valence-electron chi connectivity index (χ2n) is 6.76. The van der Waals surface area contributed by atoms with Crippen LogP contribution in [0.2, 0.25) is 0 Å². The van der Waals surface area contributed by atoms with E-state index in [0.717, 1.165) is 0 Å². The van der Waals surface area contributed by atoms with Crippen molar-refractivity contribution in [2.24, 2.45) is 17.1 Å². The van der Waals surface area contributed by atoms with Gasteiger partial charge in [-0.1, -0.05) is 33.8 Å². The molecule has 1 radical (unpaired) electrons. The van der Waals surface area contributed by atoms with Gasteiger partial charge < -0.3 is 16.4 Å². The zero-order chi connectivity index (χ0) is 18.3. The molecule has 7 nitrogen and oxygen atoms in total. The summed E-state index contributed by atoms with van der Waals surface area (Å²) in [6.07, 6.45) is 3.13. The van der Waals surface area contributed by atoms with Crippen molar-refractivity contribution >= 4 is 23.5 Å². The molecule has 2 atom stereocenters. The van der Waals surface area contributed by atoms with E-state index in [2.05, 4.69) is 15.6 Å². The second-order valence-corrected chi connectivity index (χ2v) is 6.76. The maximum absolute atomic E-state index is 12.5. The van der Waals surface area contributed by atoms with Gasteiger partial charge in [-0.25, -0.2) is 4.98 Å². The fourth-order valence-electron chi connectivity index (χ4n) is 1.91. The Hall–Kier alpha value is -2.44. The highest BCUT2D eigenvalue weighted by Crippen LogP contribution is 2.21. The Bertz CT molecular complexity index is 581. The zero-order valence-electron chi connectivity index (χ0n) is 14.5. The normalized spacial score (nSPS) is 13.7. The van der Waals surface area contributed by atoms with E-state index in [1.54, 1.807) is 31.3 Å². The topological polar surface area (TPSA) is 114 Å². The van der Waals surface area contributed by atoms with Crippen LogP contribution in [0.4, 0.5) is 5.82 Å². The molecule has 0 saturated heterocycles. The average Bonchev–Trinajstić information content (AvgIpc) is 2.49. The third-order valence-electron chi connectivity index (χ3n) is 3.47. The molecule has 0 aliphatic rings. The number of anilines is 1. The lowest BCUT2D eigenvalue weighted by molar-refractivity contribution is -0.127. The first-order chi connectivity index (χ1) is 11.1. The number of hydrogen-bond donors (Lipinski definition) is 3. The summed E-state index contributed by atoms with van der Waals surface area (Å²) in [6.45, 7) is 7.19. The number of carbonyl (C=O) groups is 3. The first-order valence-corrected chi connectivity index (χ1v) is 7.76. The number of nitrogens with one attached hydrogen (secondary N) is 2. The Balaban J connectivity index is 2.70. The molecule has 0 saturated carbocycles. The molecule has 7 heteroatoms. The van der Waals surface area contributed by atoms with Crippen LogP contribution in [-0.4, -0.2) is 28.7 Å². The summed E-state index contributed by atoms with van der Waals surface area (Å²) in [4.78, 5) is 39.6. The van der Waals surface area contributed by atoms with E-state index in [9.17, 15) is 14.4 Å². The van der Waals surface area contributed by atoms with Gasteiger partial charge in [0.1, 0.15) is 11.9 Å². The highest BCUT2D eigenvalue weighted by atomic mass is 16.2. The number of pyridine rings is 1. The largest absolute Gasteiger partial charge is 0.369 e. The summed E-state index contributed by atoms with van der Waals surface area (Å²) in [5.74, 6) is -1.27. The van der Waals surface area contributed by atoms with Crippen LogP contribution in [0.25, 0.3) is 0 Å². The molecule has 1 unspecified atom stereocenters. The molecule has 0 aromatic carbocycles. The van der Waals surface area contributed by atoms with Crippen molar-refractivity contribution in [3.63, 3.8) is 0 Å².